The molecular formula is C60H44B2N2O2. The van der Waals surface area contributed by atoms with E-state index >= 15 is 0 Å². The summed E-state index contributed by atoms with van der Waals surface area (Å²) in [6, 6.07) is 72.1. The number of benzene rings is 9. The Kier molecular flexibility index (Phi) is 7.81. The van der Waals surface area contributed by atoms with Gasteiger partial charge in [0.1, 0.15) is 0 Å². The van der Waals surface area contributed by atoms with Crippen molar-refractivity contribution in [3.05, 3.63) is 194 Å². The summed E-state index contributed by atoms with van der Waals surface area (Å²) in [5.74, 6) is 0. The van der Waals surface area contributed by atoms with Crippen molar-refractivity contribution < 1.29 is 9.31 Å². The van der Waals surface area contributed by atoms with E-state index in [1.165, 1.54) is 116 Å². The molecule has 4 nitrogen and oxygen atoms in total. The number of hydrogen-bond acceptors (Lipinski definition) is 2. The lowest BCUT2D eigenvalue weighted by Gasteiger charge is -2.35. The Bertz CT molecular complexity index is 3570. The molecule has 0 atom stereocenters. The Morgan fingerprint density at radius 3 is 1.12 bits per heavy atom. The normalized spacial score (nSPS) is 15.3. The van der Waals surface area contributed by atoms with E-state index in [1.807, 2.05) is 0 Å². The highest BCUT2D eigenvalue weighted by Crippen LogP contribution is 2.44. The van der Waals surface area contributed by atoms with Crippen LogP contribution in [0, 0.1) is 0 Å². The molecule has 1 saturated heterocycles. The van der Waals surface area contributed by atoms with Gasteiger partial charge in [-0.2, -0.15) is 0 Å². The van der Waals surface area contributed by atoms with Crippen LogP contribution in [0.1, 0.15) is 27.7 Å². The molecule has 9 aromatic carbocycles. The van der Waals surface area contributed by atoms with Gasteiger partial charge < -0.3 is 18.4 Å². The van der Waals surface area contributed by atoms with Crippen molar-refractivity contribution in [2.45, 2.75) is 38.9 Å². The molecule has 1 fully saturated rings. The molecule has 0 N–H and O–H groups in total. The maximum atomic E-state index is 6.93. The van der Waals surface area contributed by atoms with Crippen LogP contribution in [0.15, 0.2) is 194 Å². The number of hydrogen-bond donors (Lipinski definition) is 0. The van der Waals surface area contributed by atoms with Gasteiger partial charge in [0.25, 0.3) is 6.71 Å². The number of fused-ring (bicyclic) bond motifs is 10. The fraction of sp³-hybridized carbons (Fsp3) is 0.100. The molecule has 11 aromatic rings. The first-order valence-corrected chi connectivity index (χ1v) is 23.2. The molecule has 3 aliphatic heterocycles. The minimum atomic E-state index is -0.553. The Balaban J connectivity index is 1.15. The largest absolute Gasteiger partial charge is 0.494 e. The van der Waals surface area contributed by atoms with Gasteiger partial charge in [-0.15, -0.1) is 0 Å². The molecule has 3 aliphatic rings. The smallest absolute Gasteiger partial charge is 0.399 e. The summed E-state index contributed by atoms with van der Waals surface area (Å²) < 4.78 is 19.0. The maximum Gasteiger partial charge on any atom is 0.494 e. The summed E-state index contributed by atoms with van der Waals surface area (Å²) in [7, 11) is -0.553. The summed E-state index contributed by atoms with van der Waals surface area (Å²) >= 11 is 0. The van der Waals surface area contributed by atoms with Crippen LogP contribution in [0.5, 0.6) is 0 Å². The topological polar surface area (TPSA) is 28.3 Å². The first kappa shape index (κ1) is 38.0. The molecule has 0 bridgehead atoms. The lowest BCUT2D eigenvalue weighted by molar-refractivity contribution is 0.00578. The van der Waals surface area contributed by atoms with Crippen molar-refractivity contribution in [2.75, 3.05) is 0 Å². The van der Waals surface area contributed by atoms with Crippen LogP contribution in [-0.2, 0) is 9.31 Å². The second-order valence-electron chi connectivity index (χ2n) is 19.5. The van der Waals surface area contributed by atoms with E-state index in [1.54, 1.807) is 0 Å². The van der Waals surface area contributed by atoms with E-state index in [0.29, 0.717) is 0 Å². The second kappa shape index (κ2) is 13.6. The van der Waals surface area contributed by atoms with E-state index in [0.717, 1.165) is 5.46 Å². The van der Waals surface area contributed by atoms with Crippen LogP contribution in [0.4, 0.5) is 0 Å². The maximum absolute atomic E-state index is 6.93. The highest BCUT2D eigenvalue weighted by atomic mass is 16.7. The van der Waals surface area contributed by atoms with Crippen molar-refractivity contribution in [3.8, 4) is 55.9 Å². The van der Waals surface area contributed by atoms with Gasteiger partial charge in [-0.05, 0) is 143 Å². The van der Waals surface area contributed by atoms with Gasteiger partial charge >= 0.3 is 7.12 Å². The molecule has 312 valence electrons. The van der Waals surface area contributed by atoms with E-state index in [2.05, 4.69) is 231 Å². The van der Waals surface area contributed by atoms with E-state index < -0.39 is 18.3 Å². The van der Waals surface area contributed by atoms with Gasteiger partial charge in [0, 0.05) is 44.0 Å². The summed E-state index contributed by atoms with van der Waals surface area (Å²) in [6.45, 7) is 8.51. The van der Waals surface area contributed by atoms with Crippen LogP contribution in [0.25, 0.3) is 99.5 Å². The molecule has 2 aromatic heterocycles. The number of aromatic nitrogens is 2. The first-order chi connectivity index (χ1) is 32.2. The van der Waals surface area contributed by atoms with E-state index in [4.69, 9.17) is 9.31 Å². The molecule has 0 amide bonds. The highest BCUT2D eigenvalue weighted by Gasteiger charge is 2.52. The minimum absolute atomic E-state index is 0.0736. The SMILES string of the molecule is CC1(C)OB(c2cc3c4c(c2)-n2c5ccc(-c6ccccc6)cc5c5cc(-c6ccccc6)cc(c52)B4c2cc(-c4ccccc4)cc4c5cc(-c6ccccc6)ccc5n-3c24)OC1(C)C. The van der Waals surface area contributed by atoms with E-state index in [-0.39, 0.29) is 6.71 Å². The molecule has 0 spiro atoms. The molecular weight excluding hydrogens is 802 g/mol. The Morgan fingerprint density at radius 1 is 0.364 bits per heavy atom. The summed E-state index contributed by atoms with van der Waals surface area (Å²) in [6.07, 6.45) is 0. The predicted octanol–water partition coefficient (Wildman–Crippen LogP) is 12.0. The highest BCUT2D eigenvalue weighted by molar-refractivity contribution is 7.00. The van der Waals surface area contributed by atoms with Crippen molar-refractivity contribution in [1.29, 1.82) is 0 Å². The first-order valence-electron chi connectivity index (χ1n) is 23.2. The summed E-state index contributed by atoms with van der Waals surface area (Å²) in [5, 5.41) is 4.98. The molecule has 0 aliphatic carbocycles. The lowest BCUT2D eigenvalue weighted by atomic mass is 9.34. The molecule has 66 heavy (non-hydrogen) atoms. The van der Waals surface area contributed by atoms with Crippen LogP contribution in [0.3, 0.4) is 0 Å². The third kappa shape index (κ3) is 5.31. The molecule has 0 unspecified atom stereocenters. The van der Waals surface area contributed by atoms with Gasteiger partial charge in [-0.3, -0.25) is 0 Å². The molecule has 14 rings (SSSR count). The Hall–Kier alpha value is -7.37. The Labute approximate surface area is 384 Å². The van der Waals surface area contributed by atoms with Gasteiger partial charge in [0.15, 0.2) is 0 Å². The monoisotopic (exact) mass is 846 g/mol. The molecule has 5 heterocycles. The van der Waals surface area contributed by atoms with Crippen molar-refractivity contribution in [1.82, 2.24) is 9.13 Å². The zero-order valence-corrected chi connectivity index (χ0v) is 37.3. The van der Waals surface area contributed by atoms with Gasteiger partial charge in [0.05, 0.1) is 22.2 Å². The van der Waals surface area contributed by atoms with E-state index in [9.17, 15) is 0 Å². The van der Waals surface area contributed by atoms with Gasteiger partial charge in [-0.25, -0.2) is 0 Å². The third-order valence-corrected chi connectivity index (χ3v) is 15.3. The van der Waals surface area contributed by atoms with Gasteiger partial charge in [-0.1, -0.05) is 146 Å². The zero-order valence-electron chi connectivity index (χ0n) is 37.3. The molecule has 6 heteroatoms. The summed E-state index contributed by atoms with van der Waals surface area (Å²) in [4.78, 5) is 0. The summed E-state index contributed by atoms with van der Waals surface area (Å²) in [5.41, 5.74) is 20.8. The quantitative estimate of drug-likeness (QED) is 0.161. The zero-order chi connectivity index (χ0) is 44.1. The Morgan fingerprint density at radius 2 is 0.727 bits per heavy atom. The fourth-order valence-electron chi connectivity index (χ4n) is 11.4. The van der Waals surface area contributed by atoms with Crippen molar-refractivity contribution >= 4 is 79.3 Å². The lowest BCUT2D eigenvalue weighted by Crippen LogP contribution is -2.60. The van der Waals surface area contributed by atoms with Crippen molar-refractivity contribution in [2.24, 2.45) is 0 Å². The van der Waals surface area contributed by atoms with Crippen LogP contribution < -0.4 is 21.9 Å². The van der Waals surface area contributed by atoms with Crippen LogP contribution in [0.2, 0.25) is 0 Å². The number of rotatable bonds is 5. The average molecular weight is 847 g/mol. The predicted molar refractivity (Wildman–Crippen MR) is 277 cm³/mol. The average Bonchev–Trinajstić information content (AvgIpc) is 3.95. The standard InChI is InChI=1S/C60H44B2N2O2/c1-59(2)60(3,4)66-62(65-59)45-35-54-56-55(36-45)64-53-28-26-42(38-19-11-6-12-20-38)30-47(53)49-32-44(40-23-15-8-16-24-40)34-51(58(49)64)61(56)50-33-43(39-21-13-7-14-22-39)31-48-46-29-41(37-17-9-5-10-18-37)25-27-52(46)63(54)57(48)50/h5-36H,1-4H3. The molecule has 0 radical (unpaired) electrons. The minimum Gasteiger partial charge on any atom is -0.399 e. The van der Waals surface area contributed by atoms with Crippen LogP contribution >= 0.6 is 0 Å². The second-order valence-corrected chi connectivity index (χ2v) is 19.5. The number of nitrogens with zero attached hydrogens (tertiary/aromatic N) is 2. The van der Waals surface area contributed by atoms with Crippen LogP contribution in [-0.4, -0.2) is 34.2 Å². The molecule has 0 saturated carbocycles. The van der Waals surface area contributed by atoms with Crippen molar-refractivity contribution in [3.63, 3.8) is 0 Å². The fourth-order valence-corrected chi connectivity index (χ4v) is 11.4. The van der Waals surface area contributed by atoms with Gasteiger partial charge in [0.2, 0.25) is 0 Å². The third-order valence-electron chi connectivity index (χ3n) is 15.3.